The van der Waals surface area contributed by atoms with Crippen LogP contribution in [0, 0.1) is 5.92 Å². The number of esters is 1. The average Bonchev–Trinajstić information content (AvgIpc) is 2.33. The van der Waals surface area contributed by atoms with Gasteiger partial charge in [0.1, 0.15) is 0 Å². The highest BCUT2D eigenvalue weighted by Crippen LogP contribution is 2.32. The van der Waals surface area contributed by atoms with Gasteiger partial charge < -0.3 is 4.74 Å². The molecule has 1 rings (SSSR count). The van der Waals surface area contributed by atoms with Gasteiger partial charge in [0.2, 0.25) is 0 Å². The largest absolute Gasteiger partial charge is 0.465 e. The van der Waals surface area contributed by atoms with Crippen LogP contribution in [-0.2, 0) is 9.53 Å². The summed E-state index contributed by atoms with van der Waals surface area (Å²) >= 11 is 0. The maximum atomic E-state index is 12.5. The van der Waals surface area contributed by atoms with Gasteiger partial charge in [0.15, 0.2) is 0 Å². The fraction of sp³-hybridized carbons (Fsp3) is 0.500. The van der Waals surface area contributed by atoms with E-state index in [2.05, 4.69) is 0 Å². The van der Waals surface area contributed by atoms with E-state index in [-0.39, 0.29) is 12.5 Å². The van der Waals surface area contributed by atoms with E-state index in [4.69, 9.17) is 4.74 Å². The second-order valence-electron chi connectivity index (χ2n) is 4.81. The van der Waals surface area contributed by atoms with E-state index in [0.717, 1.165) is 0 Å². The number of benzene rings is 1. The summed E-state index contributed by atoms with van der Waals surface area (Å²) in [6.45, 7) is 3.78. The van der Waals surface area contributed by atoms with Gasteiger partial charge >= 0.3 is 12.1 Å². The highest BCUT2D eigenvalue weighted by molar-refractivity contribution is 5.78. The zero-order valence-corrected chi connectivity index (χ0v) is 10.9. The van der Waals surface area contributed by atoms with E-state index >= 15 is 0 Å². The lowest BCUT2D eigenvalue weighted by molar-refractivity contribution is -0.162. The first-order valence-electron chi connectivity index (χ1n) is 6.08. The molecule has 0 aliphatic rings. The van der Waals surface area contributed by atoms with Crippen molar-refractivity contribution < 1.29 is 22.7 Å². The van der Waals surface area contributed by atoms with Gasteiger partial charge in [0, 0.05) is 0 Å². The summed E-state index contributed by atoms with van der Waals surface area (Å²) in [5, 5.41) is 0. The average molecular weight is 274 g/mol. The summed E-state index contributed by atoms with van der Waals surface area (Å²) in [7, 11) is 0. The number of rotatable bonds is 5. The summed E-state index contributed by atoms with van der Waals surface area (Å²) in [5.74, 6) is -2.02. The Balaban J connectivity index is 2.84. The van der Waals surface area contributed by atoms with Crippen molar-refractivity contribution in [1.82, 2.24) is 0 Å². The van der Waals surface area contributed by atoms with Crippen molar-refractivity contribution in [2.24, 2.45) is 5.92 Å². The Bertz CT molecular complexity index is 399. The summed E-state index contributed by atoms with van der Waals surface area (Å²) < 4.78 is 42.6. The van der Waals surface area contributed by atoms with Gasteiger partial charge in [0.05, 0.1) is 18.9 Å². The van der Waals surface area contributed by atoms with Crippen LogP contribution in [0.2, 0.25) is 0 Å². The van der Waals surface area contributed by atoms with Crippen molar-refractivity contribution in [3.63, 3.8) is 0 Å². The smallest absolute Gasteiger partial charge is 0.390 e. The second-order valence-corrected chi connectivity index (χ2v) is 4.81. The Kier molecular flexibility index (Phi) is 5.39. The number of alkyl halides is 3. The standard InChI is InChI=1S/C14H17F3O2/c1-10(2)9-19-13(18)12(8-14(15,16)17)11-6-4-3-5-7-11/h3-7,10,12H,8-9H2,1-2H3. The molecule has 19 heavy (non-hydrogen) atoms. The van der Waals surface area contributed by atoms with Crippen molar-refractivity contribution >= 4 is 5.97 Å². The second kappa shape index (κ2) is 6.59. The molecule has 0 N–H and O–H groups in total. The lowest BCUT2D eigenvalue weighted by Crippen LogP contribution is -2.24. The molecule has 0 aliphatic heterocycles. The third kappa shape index (κ3) is 5.77. The molecule has 0 aromatic heterocycles. The maximum absolute atomic E-state index is 12.5. The fourth-order valence-electron chi connectivity index (χ4n) is 1.60. The first-order valence-corrected chi connectivity index (χ1v) is 6.08. The van der Waals surface area contributed by atoms with E-state index in [1.54, 1.807) is 18.2 Å². The fourth-order valence-corrected chi connectivity index (χ4v) is 1.60. The number of hydrogen-bond donors (Lipinski definition) is 0. The monoisotopic (exact) mass is 274 g/mol. The van der Waals surface area contributed by atoms with E-state index in [9.17, 15) is 18.0 Å². The minimum atomic E-state index is -4.41. The van der Waals surface area contributed by atoms with Crippen LogP contribution in [0.3, 0.4) is 0 Å². The highest BCUT2D eigenvalue weighted by Gasteiger charge is 2.37. The number of halogens is 3. The molecule has 2 nitrogen and oxygen atoms in total. The summed E-state index contributed by atoms with van der Waals surface area (Å²) in [5.41, 5.74) is 0.327. The molecule has 0 aliphatic carbocycles. The normalized spacial score (nSPS) is 13.4. The Morgan fingerprint density at radius 1 is 1.21 bits per heavy atom. The van der Waals surface area contributed by atoms with Crippen LogP contribution >= 0.6 is 0 Å². The first-order chi connectivity index (χ1) is 8.79. The van der Waals surface area contributed by atoms with Crippen LogP contribution < -0.4 is 0 Å². The van der Waals surface area contributed by atoms with Gasteiger partial charge in [-0.1, -0.05) is 44.2 Å². The Morgan fingerprint density at radius 3 is 2.26 bits per heavy atom. The topological polar surface area (TPSA) is 26.3 Å². The number of ether oxygens (including phenoxy) is 1. The predicted octanol–water partition coefficient (Wildman–Crippen LogP) is 3.92. The van der Waals surface area contributed by atoms with E-state index in [1.165, 1.54) is 12.1 Å². The molecule has 1 atom stereocenters. The predicted molar refractivity (Wildman–Crippen MR) is 65.7 cm³/mol. The minimum Gasteiger partial charge on any atom is -0.465 e. The van der Waals surface area contributed by atoms with Crippen molar-refractivity contribution in [2.75, 3.05) is 6.61 Å². The van der Waals surface area contributed by atoms with Crippen LogP contribution in [-0.4, -0.2) is 18.8 Å². The van der Waals surface area contributed by atoms with Crippen molar-refractivity contribution in [3.8, 4) is 0 Å². The highest BCUT2D eigenvalue weighted by atomic mass is 19.4. The zero-order chi connectivity index (χ0) is 14.5. The molecule has 1 aromatic carbocycles. The quantitative estimate of drug-likeness (QED) is 0.761. The number of carbonyl (C=O) groups is 1. The molecule has 0 bridgehead atoms. The molecule has 0 amide bonds. The molecular weight excluding hydrogens is 257 g/mol. The molecule has 1 aromatic rings. The number of carbonyl (C=O) groups excluding carboxylic acids is 1. The SMILES string of the molecule is CC(C)COC(=O)C(CC(F)(F)F)c1ccccc1. The van der Waals surface area contributed by atoms with Gasteiger partial charge in [-0.15, -0.1) is 0 Å². The lowest BCUT2D eigenvalue weighted by atomic mass is 9.95. The molecule has 5 heteroatoms. The molecule has 0 spiro atoms. The Labute approximate surface area is 110 Å². The van der Waals surface area contributed by atoms with Gasteiger partial charge in [-0.05, 0) is 11.5 Å². The molecule has 0 radical (unpaired) electrons. The lowest BCUT2D eigenvalue weighted by Gasteiger charge is -2.18. The molecular formula is C14H17F3O2. The van der Waals surface area contributed by atoms with Crippen LogP contribution in [0.5, 0.6) is 0 Å². The van der Waals surface area contributed by atoms with Gasteiger partial charge in [-0.3, -0.25) is 4.79 Å². The van der Waals surface area contributed by atoms with Crippen molar-refractivity contribution in [1.29, 1.82) is 0 Å². The molecule has 0 saturated heterocycles. The van der Waals surface area contributed by atoms with Gasteiger partial charge in [-0.25, -0.2) is 0 Å². The van der Waals surface area contributed by atoms with Crippen LogP contribution in [0.15, 0.2) is 30.3 Å². The van der Waals surface area contributed by atoms with Crippen molar-refractivity contribution in [2.45, 2.75) is 32.4 Å². The number of hydrogen-bond acceptors (Lipinski definition) is 2. The van der Waals surface area contributed by atoms with Gasteiger partial charge in [0.25, 0.3) is 0 Å². The third-order valence-corrected chi connectivity index (χ3v) is 2.48. The molecule has 1 unspecified atom stereocenters. The van der Waals surface area contributed by atoms with E-state index in [1.807, 2.05) is 13.8 Å². The molecule has 0 fully saturated rings. The van der Waals surface area contributed by atoms with Crippen LogP contribution in [0.1, 0.15) is 31.7 Å². The maximum Gasteiger partial charge on any atom is 0.390 e. The first kappa shape index (κ1) is 15.5. The third-order valence-electron chi connectivity index (χ3n) is 2.48. The summed E-state index contributed by atoms with van der Waals surface area (Å²) in [4.78, 5) is 11.8. The molecule has 0 saturated carbocycles. The minimum absolute atomic E-state index is 0.0891. The van der Waals surface area contributed by atoms with E-state index in [0.29, 0.717) is 5.56 Å². The van der Waals surface area contributed by atoms with Crippen LogP contribution in [0.25, 0.3) is 0 Å². The van der Waals surface area contributed by atoms with Crippen LogP contribution in [0.4, 0.5) is 13.2 Å². The van der Waals surface area contributed by atoms with E-state index < -0.39 is 24.5 Å². The zero-order valence-electron chi connectivity index (χ0n) is 10.9. The summed E-state index contributed by atoms with van der Waals surface area (Å²) in [6.07, 6.45) is -5.61. The molecule has 106 valence electrons. The van der Waals surface area contributed by atoms with Crippen molar-refractivity contribution in [3.05, 3.63) is 35.9 Å². The summed E-state index contributed by atoms with van der Waals surface area (Å²) in [6, 6.07) is 7.91. The van der Waals surface area contributed by atoms with Gasteiger partial charge in [-0.2, -0.15) is 13.2 Å². The Morgan fingerprint density at radius 2 is 1.79 bits per heavy atom. The molecule has 0 heterocycles. The Hall–Kier alpha value is -1.52.